The molecule has 0 amide bonds. The summed E-state index contributed by atoms with van der Waals surface area (Å²) in [5.74, 6) is 0. The molecule has 0 aliphatic heterocycles. The Morgan fingerprint density at radius 1 is 1.23 bits per heavy atom. The summed E-state index contributed by atoms with van der Waals surface area (Å²) in [6.45, 7) is 0. The molecule has 1 aliphatic carbocycles. The van der Waals surface area contributed by atoms with Gasteiger partial charge in [0.25, 0.3) is 0 Å². The van der Waals surface area contributed by atoms with Crippen LogP contribution >= 0.6 is 11.3 Å². The second kappa shape index (κ2) is 4.49. The summed E-state index contributed by atoms with van der Waals surface area (Å²) >= 11 is 1.65. The van der Waals surface area contributed by atoms with Gasteiger partial charge in [-0.05, 0) is 37.3 Å². The van der Waals surface area contributed by atoms with Gasteiger partial charge in [-0.15, -0.1) is 11.3 Å². The minimum absolute atomic E-state index is 0.0860. The third-order valence-electron chi connectivity index (χ3n) is 4.38. The molecule has 2 aromatic heterocycles. The monoisotopic (exact) mass is 310 g/mol. The van der Waals surface area contributed by atoms with Crippen LogP contribution in [0.25, 0.3) is 21.1 Å². The number of nitrogens with two attached hydrogens (primary N) is 2. The fourth-order valence-electron chi connectivity index (χ4n) is 3.33. The normalized spacial score (nSPS) is 14.1. The molecule has 0 saturated carbocycles. The molecule has 6 heteroatoms. The molecule has 0 saturated heterocycles. The van der Waals surface area contributed by atoms with Gasteiger partial charge in [0.1, 0.15) is 10.9 Å². The van der Waals surface area contributed by atoms with E-state index in [2.05, 4.69) is 4.98 Å². The predicted molar refractivity (Wildman–Crippen MR) is 90.1 cm³/mol. The van der Waals surface area contributed by atoms with Crippen LogP contribution in [0, 0.1) is 11.3 Å². The van der Waals surface area contributed by atoms with Crippen LogP contribution in [0.3, 0.4) is 0 Å². The SMILES string of the molecule is N#Cc1c(N)cc2[nH]c3sc4c(c3c(=O)c2c1N)CCCC4. The van der Waals surface area contributed by atoms with Gasteiger partial charge in [-0.3, -0.25) is 4.79 Å². The molecular formula is C16H14N4OS. The average molecular weight is 310 g/mol. The number of nitrogens with zero attached hydrogens (tertiary/aromatic N) is 1. The molecule has 1 aromatic carbocycles. The molecule has 2 heterocycles. The Morgan fingerprint density at radius 3 is 2.77 bits per heavy atom. The molecule has 0 spiro atoms. The van der Waals surface area contributed by atoms with Crippen LogP contribution in [-0.2, 0) is 12.8 Å². The zero-order valence-corrected chi connectivity index (χ0v) is 12.6. The van der Waals surface area contributed by atoms with E-state index in [0.29, 0.717) is 16.6 Å². The van der Waals surface area contributed by atoms with Crippen molar-refractivity contribution in [1.29, 1.82) is 5.26 Å². The van der Waals surface area contributed by atoms with Crippen LogP contribution in [0.5, 0.6) is 0 Å². The Kier molecular flexibility index (Phi) is 2.68. The largest absolute Gasteiger partial charge is 0.398 e. The number of benzene rings is 1. The zero-order chi connectivity index (χ0) is 15.4. The molecule has 0 radical (unpaired) electrons. The number of aromatic nitrogens is 1. The van der Waals surface area contributed by atoms with Gasteiger partial charge in [0.05, 0.1) is 33.2 Å². The number of nitrogen functional groups attached to an aromatic ring is 2. The number of nitrogens with one attached hydrogen (secondary N) is 1. The molecule has 1 aliphatic rings. The first-order chi connectivity index (χ1) is 10.6. The number of aryl methyl sites for hydroxylation is 2. The van der Waals surface area contributed by atoms with E-state index in [1.54, 1.807) is 17.4 Å². The van der Waals surface area contributed by atoms with Crippen LogP contribution < -0.4 is 16.9 Å². The first-order valence-electron chi connectivity index (χ1n) is 7.20. The second-order valence-corrected chi connectivity index (χ2v) is 6.76. The average Bonchev–Trinajstić information content (AvgIpc) is 2.85. The van der Waals surface area contributed by atoms with Crippen LogP contribution in [0.2, 0.25) is 0 Å². The van der Waals surface area contributed by atoms with Crippen LogP contribution in [0.1, 0.15) is 28.8 Å². The summed E-state index contributed by atoms with van der Waals surface area (Å²) in [5, 5.41) is 10.3. The highest BCUT2D eigenvalue weighted by Gasteiger charge is 2.21. The number of aromatic amines is 1. The molecular weight excluding hydrogens is 296 g/mol. The summed E-state index contributed by atoms with van der Waals surface area (Å²) in [6, 6.07) is 3.62. The fraction of sp³-hybridized carbons (Fsp3) is 0.250. The second-order valence-electron chi connectivity index (χ2n) is 5.66. The lowest BCUT2D eigenvalue weighted by atomic mass is 9.95. The number of anilines is 2. The van der Waals surface area contributed by atoms with Gasteiger partial charge in [0.15, 0.2) is 0 Å². The van der Waals surface area contributed by atoms with Crippen LogP contribution in [0.4, 0.5) is 11.4 Å². The van der Waals surface area contributed by atoms with E-state index in [1.807, 2.05) is 6.07 Å². The standard InChI is InChI=1S/C16H14N4OS/c17-6-8-9(18)5-10-13(14(8)19)15(21)12-7-3-1-2-4-11(7)22-16(12)20-10/h5H,1-4,18-19H2,(H,20,21). The van der Waals surface area contributed by atoms with Crippen molar-refractivity contribution >= 4 is 43.8 Å². The highest BCUT2D eigenvalue weighted by atomic mass is 32.1. The lowest BCUT2D eigenvalue weighted by Gasteiger charge is -2.10. The third-order valence-corrected chi connectivity index (χ3v) is 5.59. The van der Waals surface area contributed by atoms with Crippen molar-refractivity contribution in [1.82, 2.24) is 4.98 Å². The maximum Gasteiger partial charge on any atom is 0.200 e. The first kappa shape index (κ1) is 13.2. The predicted octanol–water partition coefficient (Wildman–Crippen LogP) is 2.66. The highest BCUT2D eigenvalue weighted by Crippen LogP contribution is 2.36. The van der Waals surface area contributed by atoms with Crippen molar-refractivity contribution in [2.75, 3.05) is 11.5 Å². The van der Waals surface area contributed by atoms with E-state index in [9.17, 15) is 10.1 Å². The van der Waals surface area contributed by atoms with Crippen molar-refractivity contribution in [2.24, 2.45) is 0 Å². The number of pyridine rings is 1. The number of rotatable bonds is 0. The van der Waals surface area contributed by atoms with Gasteiger partial charge in [0.2, 0.25) is 5.43 Å². The Bertz CT molecular complexity index is 1040. The summed E-state index contributed by atoms with van der Waals surface area (Å²) in [7, 11) is 0. The van der Waals surface area contributed by atoms with E-state index in [4.69, 9.17) is 11.5 Å². The van der Waals surface area contributed by atoms with E-state index in [0.717, 1.165) is 35.0 Å². The van der Waals surface area contributed by atoms with E-state index >= 15 is 0 Å². The van der Waals surface area contributed by atoms with Crippen molar-refractivity contribution < 1.29 is 0 Å². The Hall–Kier alpha value is -2.52. The maximum atomic E-state index is 13.0. The number of thiophene rings is 1. The Morgan fingerprint density at radius 2 is 2.00 bits per heavy atom. The summed E-state index contributed by atoms with van der Waals surface area (Å²) < 4.78 is 0. The van der Waals surface area contributed by atoms with E-state index in [-0.39, 0.29) is 16.7 Å². The lowest BCUT2D eigenvalue weighted by Crippen LogP contribution is -2.11. The van der Waals surface area contributed by atoms with E-state index < -0.39 is 0 Å². The van der Waals surface area contributed by atoms with Gasteiger partial charge >= 0.3 is 0 Å². The zero-order valence-electron chi connectivity index (χ0n) is 11.8. The third kappa shape index (κ3) is 1.60. The molecule has 0 atom stereocenters. The minimum Gasteiger partial charge on any atom is -0.398 e. The highest BCUT2D eigenvalue weighted by molar-refractivity contribution is 7.18. The van der Waals surface area contributed by atoms with Crippen molar-refractivity contribution in [2.45, 2.75) is 25.7 Å². The van der Waals surface area contributed by atoms with Gasteiger partial charge in [-0.2, -0.15) is 5.26 Å². The van der Waals surface area contributed by atoms with Gasteiger partial charge in [-0.25, -0.2) is 0 Å². The molecule has 4 rings (SSSR count). The van der Waals surface area contributed by atoms with Crippen molar-refractivity contribution in [3.63, 3.8) is 0 Å². The summed E-state index contributed by atoms with van der Waals surface area (Å²) in [6.07, 6.45) is 4.24. The topological polar surface area (TPSA) is 109 Å². The van der Waals surface area contributed by atoms with Gasteiger partial charge < -0.3 is 16.5 Å². The number of fused-ring (bicyclic) bond motifs is 4. The van der Waals surface area contributed by atoms with Crippen LogP contribution in [-0.4, -0.2) is 4.98 Å². The van der Waals surface area contributed by atoms with E-state index in [1.165, 1.54) is 11.3 Å². The first-order valence-corrected chi connectivity index (χ1v) is 8.01. The quantitative estimate of drug-likeness (QED) is 0.554. The molecule has 110 valence electrons. The lowest BCUT2D eigenvalue weighted by molar-refractivity contribution is 0.700. The molecule has 0 unspecified atom stereocenters. The number of nitriles is 1. The number of hydrogen-bond donors (Lipinski definition) is 3. The Balaban J connectivity index is 2.22. The maximum absolute atomic E-state index is 13.0. The van der Waals surface area contributed by atoms with Gasteiger partial charge in [-0.1, -0.05) is 0 Å². The fourth-order valence-corrected chi connectivity index (χ4v) is 4.63. The molecule has 0 bridgehead atoms. The Labute approximate surface area is 130 Å². The van der Waals surface area contributed by atoms with Gasteiger partial charge in [0, 0.05) is 4.88 Å². The van der Waals surface area contributed by atoms with Crippen LogP contribution in [0.15, 0.2) is 10.9 Å². The number of hydrogen-bond acceptors (Lipinski definition) is 5. The molecule has 22 heavy (non-hydrogen) atoms. The van der Waals surface area contributed by atoms with Crippen molar-refractivity contribution in [3.05, 3.63) is 32.3 Å². The molecule has 5 nitrogen and oxygen atoms in total. The summed E-state index contributed by atoms with van der Waals surface area (Å²) in [5.41, 5.74) is 14.2. The molecule has 3 aromatic rings. The number of H-pyrrole nitrogens is 1. The summed E-state index contributed by atoms with van der Waals surface area (Å²) in [4.78, 5) is 18.4. The smallest absolute Gasteiger partial charge is 0.200 e. The van der Waals surface area contributed by atoms with Crippen molar-refractivity contribution in [3.8, 4) is 6.07 Å². The molecule has 5 N–H and O–H groups in total. The molecule has 0 fully saturated rings. The minimum atomic E-state index is -0.0860.